The van der Waals surface area contributed by atoms with E-state index in [9.17, 15) is 0 Å². The first-order chi connectivity index (χ1) is 7.75. The molecule has 94 valence electrons. The van der Waals surface area contributed by atoms with E-state index in [-0.39, 0.29) is 0 Å². The maximum absolute atomic E-state index is 5.53. The summed E-state index contributed by atoms with van der Waals surface area (Å²) in [5, 5.41) is 3.78. The molecule has 0 radical (unpaired) electrons. The summed E-state index contributed by atoms with van der Waals surface area (Å²) in [5.41, 5.74) is 0. The summed E-state index contributed by atoms with van der Waals surface area (Å²) in [6, 6.07) is 1.29. The second kappa shape index (κ2) is 6.02. The molecule has 4 atom stereocenters. The highest BCUT2D eigenvalue weighted by atomic mass is 16.5. The Balaban J connectivity index is 1.75. The maximum atomic E-state index is 5.53. The van der Waals surface area contributed by atoms with E-state index in [0.717, 1.165) is 25.0 Å². The summed E-state index contributed by atoms with van der Waals surface area (Å²) in [6.45, 7) is 6.67. The molecule has 0 amide bonds. The molecule has 0 aromatic rings. The van der Waals surface area contributed by atoms with Crippen molar-refractivity contribution in [2.24, 2.45) is 11.8 Å². The van der Waals surface area contributed by atoms with Crippen LogP contribution >= 0.6 is 0 Å². The van der Waals surface area contributed by atoms with E-state index in [1.165, 1.54) is 38.5 Å². The van der Waals surface area contributed by atoms with Crippen LogP contribution in [0.1, 0.15) is 52.4 Å². The van der Waals surface area contributed by atoms with Gasteiger partial charge in [-0.05, 0) is 44.4 Å². The van der Waals surface area contributed by atoms with Crippen molar-refractivity contribution < 1.29 is 4.74 Å². The fourth-order valence-electron chi connectivity index (χ4n) is 3.32. The molecule has 2 fully saturated rings. The predicted molar refractivity (Wildman–Crippen MR) is 67.6 cm³/mol. The quantitative estimate of drug-likeness (QED) is 0.797. The van der Waals surface area contributed by atoms with Crippen LogP contribution < -0.4 is 5.32 Å². The van der Waals surface area contributed by atoms with E-state index in [1.807, 2.05) is 0 Å². The zero-order valence-electron chi connectivity index (χ0n) is 10.9. The average molecular weight is 225 g/mol. The van der Waals surface area contributed by atoms with E-state index in [1.54, 1.807) is 0 Å². The van der Waals surface area contributed by atoms with Crippen molar-refractivity contribution in [2.45, 2.75) is 64.5 Å². The molecule has 2 aliphatic rings. The molecule has 0 aromatic heterocycles. The number of ether oxygens (including phenoxy) is 1. The zero-order valence-corrected chi connectivity index (χ0v) is 10.9. The Morgan fingerprint density at radius 1 is 1.19 bits per heavy atom. The van der Waals surface area contributed by atoms with Crippen molar-refractivity contribution in [1.82, 2.24) is 5.32 Å². The van der Waals surface area contributed by atoms with Crippen molar-refractivity contribution in [3.05, 3.63) is 0 Å². The van der Waals surface area contributed by atoms with E-state index in [2.05, 4.69) is 19.2 Å². The van der Waals surface area contributed by atoms with Crippen molar-refractivity contribution in [1.29, 1.82) is 0 Å². The Morgan fingerprint density at radius 2 is 2.06 bits per heavy atom. The van der Waals surface area contributed by atoms with Gasteiger partial charge in [0, 0.05) is 18.7 Å². The monoisotopic (exact) mass is 225 g/mol. The first-order valence-corrected chi connectivity index (χ1v) is 7.09. The molecule has 16 heavy (non-hydrogen) atoms. The molecule has 1 heterocycles. The van der Waals surface area contributed by atoms with Crippen molar-refractivity contribution in [2.75, 3.05) is 13.2 Å². The van der Waals surface area contributed by atoms with Gasteiger partial charge < -0.3 is 10.1 Å². The van der Waals surface area contributed by atoms with Crippen molar-refractivity contribution >= 4 is 0 Å². The Morgan fingerprint density at radius 3 is 2.75 bits per heavy atom. The molecule has 2 heteroatoms. The highest BCUT2D eigenvalue weighted by molar-refractivity contribution is 4.82. The third kappa shape index (κ3) is 3.46. The van der Waals surface area contributed by atoms with Gasteiger partial charge in [0.1, 0.15) is 0 Å². The minimum Gasteiger partial charge on any atom is -0.380 e. The molecule has 1 aliphatic carbocycles. The molecular weight excluding hydrogens is 198 g/mol. The molecule has 2 nitrogen and oxygen atoms in total. The number of hydrogen-bond donors (Lipinski definition) is 1. The van der Waals surface area contributed by atoms with Gasteiger partial charge in [-0.2, -0.15) is 0 Å². The van der Waals surface area contributed by atoms with Crippen molar-refractivity contribution in [3.8, 4) is 0 Å². The lowest BCUT2D eigenvalue weighted by atomic mass is 9.79. The van der Waals surface area contributed by atoms with Gasteiger partial charge in [-0.25, -0.2) is 0 Å². The fraction of sp³-hybridized carbons (Fsp3) is 1.00. The summed E-state index contributed by atoms with van der Waals surface area (Å²) in [7, 11) is 0. The zero-order chi connectivity index (χ0) is 11.4. The molecule has 1 N–H and O–H groups in total. The molecule has 4 unspecified atom stereocenters. The van der Waals surface area contributed by atoms with Crippen LogP contribution in [0, 0.1) is 11.8 Å². The summed E-state index contributed by atoms with van der Waals surface area (Å²) < 4.78 is 5.53. The first kappa shape index (κ1) is 12.4. The maximum Gasteiger partial charge on any atom is 0.0619 e. The standard InChI is InChI=1S/C14H27NO/c1-11-5-3-6-13(9-11)12(2)15-14-7-4-8-16-10-14/h11-15H,3-10H2,1-2H3. The van der Waals surface area contributed by atoms with Gasteiger partial charge in [-0.1, -0.05) is 19.8 Å². The number of rotatable bonds is 3. The lowest BCUT2D eigenvalue weighted by molar-refractivity contribution is 0.0615. The summed E-state index contributed by atoms with van der Waals surface area (Å²) in [4.78, 5) is 0. The van der Waals surface area contributed by atoms with Crippen LogP contribution in [0.4, 0.5) is 0 Å². The van der Waals surface area contributed by atoms with Crippen LogP contribution in [0.15, 0.2) is 0 Å². The molecular formula is C14H27NO. The van der Waals surface area contributed by atoms with Crippen LogP contribution in [0.2, 0.25) is 0 Å². The third-order valence-corrected chi connectivity index (χ3v) is 4.34. The fourth-order valence-corrected chi connectivity index (χ4v) is 3.32. The number of hydrogen-bond acceptors (Lipinski definition) is 2. The molecule has 1 aliphatic heterocycles. The molecule has 1 saturated carbocycles. The van der Waals surface area contributed by atoms with Crippen LogP contribution in [0.5, 0.6) is 0 Å². The Labute approximate surface area is 100 Å². The summed E-state index contributed by atoms with van der Waals surface area (Å²) in [5.74, 6) is 1.83. The van der Waals surface area contributed by atoms with E-state index in [4.69, 9.17) is 4.74 Å². The molecule has 2 rings (SSSR count). The SMILES string of the molecule is CC1CCCC(C(C)NC2CCCOC2)C1. The van der Waals surface area contributed by atoms with Gasteiger partial charge in [0.05, 0.1) is 6.61 Å². The predicted octanol–water partition coefficient (Wildman–Crippen LogP) is 2.97. The Kier molecular flexibility index (Phi) is 4.66. The Hall–Kier alpha value is -0.0800. The van der Waals surface area contributed by atoms with E-state index in [0.29, 0.717) is 12.1 Å². The third-order valence-electron chi connectivity index (χ3n) is 4.34. The van der Waals surface area contributed by atoms with E-state index >= 15 is 0 Å². The van der Waals surface area contributed by atoms with Gasteiger partial charge in [-0.3, -0.25) is 0 Å². The van der Waals surface area contributed by atoms with Crippen LogP contribution in [0.3, 0.4) is 0 Å². The summed E-state index contributed by atoms with van der Waals surface area (Å²) in [6.07, 6.45) is 8.24. The summed E-state index contributed by atoms with van der Waals surface area (Å²) >= 11 is 0. The van der Waals surface area contributed by atoms with Gasteiger partial charge in [0.2, 0.25) is 0 Å². The van der Waals surface area contributed by atoms with Gasteiger partial charge >= 0.3 is 0 Å². The number of nitrogens with one attached hydrogen (secondary N) is 1. The van der Waals surface area contributed by atoms with Crippen LogP contribution in [-0.4, -0.2) is 25.3 Å². The van der Waals surface area contributed by atoms with Gasteiger partial charge in [0.25, 0.3) is 0 Å². The largest absolute Gasteiger partial charge is 0.380 e. The molecule has 0 bridgehead atoms. The lowest BCUT2D eigenvalue weighted by Crippen LogP contribution is -2.45. The minimum absolute atomic E-state index is 0.612. The molecule has 1 saturated heterocycles. The van der Waals surface area contributed by atoms with Gasteiger partial charge in [-0.15, -0.1) is 0 Å². The highest BCUT2D eigenvalue weighted by Gasteiger charge is 2.26. The second-order valence-corrected chi connectivity index (χ2v) is 5.90. The van der Waals surface area contributed by atoms with Gasteiger partial charge in [0.15, 0.2) is 0 Å². The average Bonchev–Trinajstić information content (AvgIpc) is 2.30. The van der Waals surface area contributed by atoms with Crippen LogP contribution in [-0.2, 0) is 4.74 Å². The van der Waals surface area contributed by atoms with Crippen molar-refractivity contribution in [3.63, 3.8) is 0 Å². The lowest BCUT2D eigenvalue weighted by Gasteiger charge is -2.35. The molecule has 0 spiro atoms. The normalized spacial score (nSPS) is 38.2. The smallest absolute Gasteiger partial charge is 0.0619 e. The highest BCUT2D eigenvalue weighted by Crippen LogP contribution is 2.31. The molecule has 0 aromatic carbocycles. The first-order valence-electron chi connectivity index (χ1n) is 7.09. The second-order valence-electron chi connectivity index (χ2n) is 5.90. The van der Waals surface area contributed by atoms with Crippen LogP contribution in [0.25, 0.3) is 0 Å². The topological polar surface area (TPSA) is 21.3 Å². The minimum atomic E-state index is 0.612. The Bertz CT molecular complexity index is 201. The van der Waals surface area contributed by atoms with E-state index < -0.39 is 0 Å².